The highest BCUT2D eigenvalue weighted by molar-refractivity contribution is 5.74. The average Bonchev–Trinajstić information content (AvgIpc) is 3.33. The fraction of sp³-hybridized carbons (Fsp3) is 0.722. The number of hydrogen-bond donors (Lipinski definition) is 2. The van der Waals surface area contributed by atoms with Gasteiger partial charge in [-0.1, -0.05) is 46.0 Å². The van der Waals surface area contributed by atoms with Gasteiger partial charge in [0.25, 0.3) is 0 Å². The van der Waals surface area contributed by atoms with Gasteiger partial charge in [-0.15, -0.1) is 0 Å². The van der Waals surface area contributed by atoms with Gasteiger partial charge in [0.15, 0.2) is 0 Å². The predicted octanol–water partition coefficient (Wildman–Crippen LogP) is 3.37. The van der Waals surface area contributed by atoms with Crippen LogP contribution in [0.15, 0.2) is 12.3 Å². The maximum atomic E-state index is 12.0. The zero-order valence-electron chi connectivity index (χ0n) is 14.2. The van der Waals surface area contributed by atoms with E-state index in [9.17, 15) is 4.79 Å². The Bertz CT molecular complexity index is 540. The maximum Gasteiger partial charge on any atom is 0.315 e. The number of carbonyl (C=O) groups is 1. The van der Waals surface area contributed by atoms with E-state index >= 15 is 0 Å². The van der Waals surface area contributed by atoms with Crippen LogP contribution in [0.2, 0.25) is 0 Å². The van der Waals surface area contributed by atoms with E-state index in [4.69, 9.17) is 0 Å². The van der Waals surface area contributed by atoms with Crippen molar-refractivity contribution in [2.45, 2.75) is 70.9 Å². The molecule has 2 atom stereocenters. The van der Waals surface area contributed by atoms with E-state index in [1.54, 1.807) is 6.20 Å². The lowest BCUT2D eigenvalue weighted by Gasteiger charge is -2.21. The summed E-state index contributed by atoms with van der Waals surface area (Å²) < 4.78 is 0. The SMILES string of the molecule is CC(C)c1nccc(CNC(=O)N[C@@H]2C[C@H]2C2CCCCC2)n1. The Morgan fingerprint density at radius 2 is 2.09 bits per heavy atom. The Labute approximate surface area is 138 Å². The lowest BCUT2D eigenvalue weighted by molar-refractivity contribution is 0.237. The predicted molar refractivity (Wildman–Crippen MR) is 90.0 cm³/mol. The maximum absolute atomic E-state index is 12.0. The van der Waals surface area contributed by atoms with Crippen LogP contribution in [0, 0.1) is 11.8 Å². The fourth-order valence-electron chi connectivity index (χ4n) is 3.64. The first kappa shape index (κ1) is 16.2. The summed E-state index contributed by atoms with van der Waals surface area (Å²) in [7, 11) is 0. The quantitative estimate of drug-likeness (QED) is 0.875. The first-order valence-electron chi connectivity index (χ1n) is 8.99. The van der Waals surface area contributed by atoms with Crippen molar-refractivity contribution in [2.75, 3.05) is 0 Å². The second-order valence-electron chi connectivity index (χ2n) is 7.29. The van der Waals surface area contributed by atoms with Crippen LogP contribution in [0.3, 0.4) is 0 Å². The van der Waals surface area contributed by atoms with Crippen molar-refractivity contribution >= 4 is 6.03 Å². The summed E-state index contributed by atoms with van der Waals surface area (Å²) in [6.45, 7) is 4.59. The van der Waals surface area contributed by atoms with Gasteiger partial charge in [-0.3, -0.25) is 0 Å². The van der Waals surface area contributed by atoms with Crippen LogP contribution in [-0.2, 0) is 6.54 Å². The molecular weight excluding hydrogens is 288 g/mol. The smallest absolute Gasteiger partial charge is 0.315 e. The molecule has 2 aliphatic carbocycles. The van der Waals surface area contributed by atoms with Gasteiger partial charge in [0.1, 0.15) is 5.82 Å². The summed E-state index contributed by atoms with van der Waals surface area (Å²) in [5.41, 5.74) is 0.860. The Balaban J connectivity index is 1.41. The molecule has 0 aliphatic heterocycles. The van der Waals surface area contributed by atoms with Crippen LogP contribution in [0.5, 0.6) is 0 Å². The number of carbonyl (C=O) groups excluding carboxylic acids is 1. The van der Waals surface area contributed by atoms with E-state index in [0.717, 1.165) is 23.9 Å². The Hall–Kier alpha value is -1.65. The Kier molecular flexibility index (Phi) is 5.13. The molecule has 5 nitrogen and oxygen atoms in total. The lowest BCUT2D eigenvalue weighted by atomic mass is 9.85. The van der Waals surface area contributed by atoms with Gasteiger partial charge in [-0.2, -0.15) is 0 Å². The normalized spacial score (nSPS) is 24.5. The Morgan fingerprint density at radius 1 is 1.30 bits per heavy atom. The van der Waals surface area contributed by atoms with Crippen molar-refractivity contribution in [1.82, 2.24) is 20.6 Å². The largest absolute Gasteiger partial charge is 0.335 e. The molecule has 0 unspecified atom stereocenters. The van der Waals surface area contributed by atoms with E-state index in [1.165, 1.54) is 32.1 Å². The fourth-order valence-corrected chi connectivity index (χ4v) is 3.64. The minimum Gasteiger partial charge on any atom is -0.335 e. The average molecular weight is 316 g/mol. The minimum atomic E-state index is -0.0713. The molecule has 2 fully saturated rings. The highest BCUT2D eigenvalue weighted by Crippen LogP contribution is 2.44. The van der Waals surface area contributed by atoms with Crippen LogP contribution in [0.4, 0.5) is 4.79 Å². The van der Waals surface area contributed by atoms with Crippen molar-refractivity contribution in [2.24, 2.45) is 11.8 Å². The van der Waals surface area contributed by atoms with Crippen LogP contribution in [0.25, 0.3) is 0 Å². The summed E-state index contributed by atoms with van der Waals surface area (Å²) in [5.74, 6) is 2.67. The van der Waals surface area contributed by atoms with E-state index in [-0.39, 0.29) is 6.03 Å². The highest BCUT2D eigenvalue weighted by Gasteiger charge is 2.43. The van der Waals surface area contributed by atoms with Crippen molar-refractivity contribution in [1.29, 1.82) is 0 Å². The van der Waals surface area contributed by atoms with Gasteiger partial charge in [0, 0.05) is 18.2 Å². The van der Waals surface area contributed by atoms with Gasteiger partial charge in [-0.25, -0.2) is 14.8 Å². The lowest BCUT2D eigenvalue weighted by Crippen LogP contribution is -2.37. The van der Waals surface area contributed by atoms with Crippen molar-refractivity contribution in [3.05, 3.63) is 23.8 Å². The molecule has 0 radical (unpaired) electrons. The molecule has 3 rings (SSSR count). The molecule has 23 heavy (non-hydrogen) atoms. The first-order chi connectivity index (χ1) is 11.1. The monoisotopic (exact) mass is 316 g/mol. The summed E-state index contributed by atoms with van der Waals surface area (Å²) in [6, 6.07) is 2.17. The number of nitrogens with zero attached hydrogens (tertiary/aromatic N) is 2. The third-order valence-electron chi connectivity index (χ3n) is 5.09. The number of rotatable bonds is 5. The van der Waals surface area contributed by atoms with Crippen LogP contribution < -0.4 is 10.6 Å². The molecule has 0 spiro atoms. The molecule has 2 amide bonds. The standard InChI is InChI=1S/C18H28N4O/c1-12(2)17-19-9-8-14(21-17)11-20-18(23)22-16-10-15(16)13-6-4-3-5-7-13/h8-9,12-13,15-16H,3-7,10-11H2,1-2H3,(H2,20,22,23)/t15-,16+/m0/s1. The second kappa shape index (κ2) is 7.28. The molecule has 2 N–H and O–H groups in total. The first-order valence-corrected chi connectivity index (χ1v) is 8.99. The number of amides is 2. The van der Waals surface area contributed by atoms with Gasteiger partial charge in [0.05, 0.1) is 12.2 Å². The minimum absolute atomic E-state index is 0.0713. The molecule has 0 aromatic carbocycles. The number of aromatic nitrogens is 2. The third kappa shape index (κ3) is 4.43. The topological polar surface area (TPSA) is 66.9 Å². The molecule has 1 aromatic heterocycles. The van der Waals surface area contributed by atoms with Crippen molar-refractivity contribution < 1.29 is 4.79 Å². The molecule has 0 saturated heterocycles. The zero-order valence-corrected chi connectivity index (χ0v) is 14.2. The molecule has 1 heterocycles. The number of nitrogens with one attached hydrogen (secondary N) is 2. The molecule has 5 heteroatoms. The van der Waals surface area contributed by atoms with Crippen LogP contribution in [0.1, 0.15) is 69.8 Å². The van der Waals surface area contributed by atoms with E-state index in [1.807, 2.05) is 6.07 Å². The van der Waals surface area contributed by atoms with Gasteiger partial charge in [0.2, 0.25) is 0 Å². The molecule has 2 saturated carbocycles. The number of urea groups is 1. The second-order valence-corrected chi connectivity index (χ2v) is 7.29. The molecule has 1 aromatic rings. The zero-order chi connectivity index (χ0) is 16.2. The summed E-state index contributed by atoms with van der Waals surface area (Å²) in [6.07, 6.45) is 9.74. The Morgan fingerprint density at radius 3 is 2.83 bits per heavy atom. The van der Waals surface area contributed by atoms with Crippen LogP contribution in [-0.4, -0.2) is 22.0 Å². The van der Waals surface area contributed by atoms with Gasteiger partial charge < -0.3 is 10.6 Å². The summed E-state index contributed by atoms with van der Waals surface area (Å²) in [5, 5.41) is 6.04. The molecule has 126 valence electrons. The van der Waals surface area contributed by atoms with E-state index in [0.29, 0.717) is 24.4 Å². The molecular formula is C18H28N4O. The third-order valence-corrected chi connectivity index (χ3v) is 5.09. The summed E-state index contributed by atoms with van der Waals surface area (Å²) in [4.78, 5) is 20.8. The van der Waals surface area contributed by atoms with Gasteiger partial charge >= 0.3 is 6.03 Å². The number of hydrogen-bond acceptors (Lipinski definition) is 3. The molecule has 0 bridgehead atoms. The highest BCUT2D eigenvalue weighted by atomic mass is 16.2. The van der Waals surface area contributed by atoms with E-state index in [2.05, 4.69) is 34.4 Å². The van der Waals surface area contributed by atoms with Crippen LogP contribution >= 0.6 is 0 Å². The van der Waals surface area contributed by atoms with Gasteiger partial charge in [-0.05, 0) is 24.3 Å². The van der Waals surface area contributed by atoms with Crippen molar-refractivity contribution in [3.8, 4) is 0 Å². The molecule has 2 aliphatic rings. The van der Waals surface area contributed by atoms with E-state index < -0.39 is 0 Å². The van der Waals surface area contributed by atoms with Crippen molar-refractivity contribution in [3.63, 3.8) is 0 Å². The summed E-state index contributed by atoms with van der Waals surface area (Å²) >= 11 is 0.